The fourth-order valence-corrected chi connectivity index (χ4v) is 5.11. The van der Waals surface area contributed by atoms with E-state index < -0.39 is 30.5 Å². The summed E-state index contributed by atoms with van der Waals surface area (Å²) in [7, 11) is 0. The highest BCUT2D eigenvalue weighted by Crippen LogP contribution is 2.40. The van der Waals surface area contributed by atoms with Gasteiger partial charge in [-0.3, -0.25) is 4.90 Å². The number of rotatable bonds is 7. The van der Waals surface area contributed by atoms with E-state index in [9.17, 15) is 26.7 Å². The van der Waals surface area contributed by atoms with Crippen LogP contribution in [-0.4, -0.2) is 51.4 Å². The molecule has 0 aliphatic carbocycles. The van der Waals surface area contributed by atoms with Gasteiger partial charge in [0.1, 0.15) is 17.9 Å². The Morgan fingerprint density at radius 3 is 2.49 bits per heavy atom. The van der Waals surface area contributed by atoms with Gasteiger partial charge in [-0.05, 0) is 41.8 Å². The number of halogens is 5. The Hall–Kier alpha value is -4.32. The monoisotopic (exact) mass is 570 g/mol. The van der Waals surface area contributed by atoms with Crippen LogP contribution in [0.5, 0.6) is 5.75 Å². The van der Waals surface area contributed by atoms with E-state index in [0.29, 0.717) is 30.1 Å². The van der Waals surface area contributed by atoms with E-state index in [1.807, 2.05) is 43.3 Å². The molecule has 1 fully saturated rings. The van der Waals surface area contributed by atoms with E-state index in [1.54, 1.807) is 18.2 Å². The number of carbonyl (C=O) groups is 1. The lowest BCUT2D eigenvalue weighted by Gasteiger charge is -2.39. The molecule has 0 bridgehead atoms. The maximum atomic E-state index is 14.3. The molecular formula is C29H23F5N4O3. The fraction of sp³-hybridized carbons (Fsp3) is 0.276. The Bertz CT molecular complexity index is 1610. The van der Waals surface area contributed by atoms with E-state index in [4.69, 9.17) is 4.74 Å². The summed E-state index contributed by atoms with van der Waals surface area (Å²) in [6.45, 7) is 1.95. The molecule has 0 saturated carbocycles. The van der Waals surface area contributed by atoms with Crippen LogP contribution in [0.25, 0.3) is 17.1 Å². The molecule has 212 valence electrons. The molecule has 0 spiro atoms. The number of cyclic esters (lactones) is 1. The van der Waals surface area contributed by atoms with E-state index in [-0.39, 0.29) is 23.9 Å². The number of nitrogens with zero attached hydrogens (tertiary/aromatic N) is 4. The van der Waals surface area contributed by atoms with Gasteiger partial charge in [0, 0.05) is 24.6 Å². The smallest absolute Gasteiger partial charge is 0.447 e. The summed E-state index contributed by atoms with van der Waals surface area (Å²) in [5.41, 5.74) is 2.77. The minimum atomic E-state index is -4.19. The molecule has 1 saturated heterocycles. The van der Waals surface area contributed by atoms with Crippen molar-refractivity contribution >= 4 is 5.97 Å². The van der Waals surface area contributed by atoms with Crippen LogP contribution in [0.15, 0.2) is 66.9 Å². The van der Waals surface area contributed by atoms with Crippen molar-refractivity contribution in [2.75, 3.05) is 19.6 Å². The Morgan fingerprint density at radius 2 is 1.76 bits per heavy atom. The van der Waals surface area contributed by atoms with Gasteiger partial charge in [-0.1, -0.05) is 42.5 Å². The number of carbonyl (C=O) groups excluding carboxylic acids is 1. The van der Waals surface area contributed by atoms with Gasteiger partial charge in [0.25, 0.3) is 0 Å². The Morgan fingerprint density at radius 1 is 1.02 bits per heavy atom. The van der Waals surface area contributed by atoms with Crippen molar-refractivity contribution in [3.05, 3.63) is 94.8 Å². The van der Waals surface area contributed by atoms with Crippen molar-refractivity contribution in [3.8, 4) is 22.8 Å². The minimum Gasteiger partial charge on any atom is -0.488 e. The second kappa shape index (κ2) is 9.95. The number of likely N-dealkylation sites (tertiary alicyclic amines) is 1. The first-order valence-electron chi connectivity index (χ1n) is 12.8. The molecule has 2 aromatic heterocycles. The van der Waals surface area contributed by atoms with Gasteiger partial charge in [-0.25, -0.2) is 14.5 Å². The zero-order valence-electron chi connectivity index (χ0n) is 21.7. The van der Waals surface area contributed by atoms with Gasteiger partial charge < -0.3 is 9.47 Å². The van der Waals surface area contributed by atoms with Crippen LogP contribution in [0.3, 0.4) is 0 Å². The lowest BCUT2D eigenvalue weighted by Crippen LogP contribution is -2.49. The van der Waals surface area contributed by atoms with Gasteiger partial charge >= 0.3 is 18.3 Å². The maximum Gasteiger partial charge on any atom is 0.447 e. The van der Waals surface area contributed by atoms with Crippen LogP contribution in [-0.2, 0) is 17.5 Å². The summed E-state index contributed by atoms with van der Waals surface area (Å²) < 4.78 is 77.6. The quantitative estimate of drug-likeness (QED) is 0.201. The largest absolute Gasteiger partial charge is 0.488 e. The zero-order valence-corrected chi connectivity index (χ0v) is 21.7. The van der Waals surface area contributed by atoms with Crippen LogP contribution >= 0.6 is 0 Å². The van der Waals surface area contributed by atoms with Gasteiger partial charge in [0.05, 0.1) is 18.4 Å². The van der Waals surface area contributed by atoms with E-state index in [2.05, 4.69) is 14.8 Å². The second-order valence-corrected chi connectivity index (χ2v) is 10.1. The third-order valence-corrected chi connectivity index (χ3v) is 7.12. The molecule has 6 rings (SSSR count). The predicted octanol–water partition coefficient (Wildman–Crippen LogP) is 6.00. The van der Waals surface area contributed by atoms with E-state index in [1.165, 1.54) is 11.0 Å². The first-order valence-corrected chi connectivity index (χ1v) is 12.8. The van der Waals surface area contributed by atoms with Crippen molar-refractivity contribution in [2.24, 2.45) is 0 Å². The molecule has 0 amide bonds. The summed E-state index contributed by atoms with van der Waals surface area (Å²) in [5.74, 6) is -0.452. The molecule has 4 heterocycles. The van der Waals surface area contributed by atoms with E-state index >= 15 is 0 Å². The van der Waals surface area contributed by atoms with Crippen LogP contribution < -0.4 is 4.74 Å². The summed E-state index contributed by atoms with van der Waals surface area (Å²) in [6.07, 6.45) is -6.99. The molecule has 4 aromatic rings. The minimum absolute atomic E-state index is 0.0642. The number of esters is 1. The number of fused-ring (bicyclic) bond motifs is 1. The fourth-order valence-electron chi connectivity index (χ4n) is 5.11. The molecule has 41 heavy (non-hydrogen) atoms. The number of aromatic nitrogens is 3. The molecule has 2 aromatic carbocycles. The SMILES string of the molecule is Cc1cccc(-c2cccc(-n3ncc4c3C(F)(F)OC4=O)n2)c1OCc1ccc(C2CN(CC(F)(F)F)C2)cc1. The molecule has 0 radical (unpaired) electrons. The molecule has 12 heteroatoms. The van der Waals surface area contributed by atoms with Crippen LogP contribution in [0.4, 0.5) is 22.0 Å². The van der Waals surface area contributed by atoms with Crippen LogP contribution in [0.2, 0.25) is 0 Å². The standard InChI is InChI=1S/C29H23F5N4O3/c1-17-4-2-5-21(23-6-3-7-24(36-23)38-26-22(12-35-38)27(39)41-29(26,33)34)25(17)40-15-18-8-10-19(11-9-18)20-13-37(14-20)16-28(30,31)32/h2-12,20H,13-16H2,1H3. The number of alkyl halides is 5. The highest BCUT2D eigenvalue weighted by molar-refractivity contribution is 5.93. The lowest BCUT2D eigenvalue weighted by molar-refractivity contribution is -0.203. The molecule has 0 N–H and O–H groups in total. The van der Waals surface area contributed by atoms with E-state index in [0.717, 1.165) is 27.6 Å². The van der Waals surface area contributed by atoms with Crippen molar-refractivity contribution < 1.29 is 36.2 Å². The lowest BCUT2D eigenvalue weighted by atomic mass is 9.91. The average molecular weight is 571 g/mol. The van der Waals surface area contributed by atoms with Crippen molar-refractivity contribution in [1.29, 1.82) is 0 Å². The number of para-hydroxylation sites is 1. The Balaban J connectivity index is 1.19. The summed E-state index contributed by atoms with van der Waals surface area (Å²) in [5, 5.41) is 3.94. The van der Waals surface area contributed by atoms with Crippen molar-refractivity contribution in [1.82, 2.24) is 19.7 Å². The molecule has 0 unspecified atom stereocenters. The molecule has 0 atom stereocenters. The first-order chi connectivity index (χ1) is 19.5. The zero-order chi connectivity index (χ0) is 28.9. The summed E-state index contributed by atoms with van der Waals surface area (Å²) in [6, 6.07) is 17.9. The topological polar surface area (TPSA) is 69.5 Å². The Labute approximate surface area is 231 Å². The molecule has 7 nitrogen and oxygen atoms in total. The number of benzene rings is 2. The van der Waals surface area contributed by atoms with Gasteiger partial charge in [0.2, 0.25) is 0 Å². The van der Waals surface area contributed by atoms with Crippen molar-refractivity contribution in [2.45, 2.75) is 31.7 Å². The summed E-state index contributed by atoms with van der Waals surface area (Å²) >= 11 is 0. The van der Waals surface area contributed by atoms with Crippen LogP contribution in [0.1, 0.15) is 38.7 Å². The first kappa shape index (κ1) is 26.9. The maximum absolute atomic E-state index is 14.3. The third kappa shape index (κ3) is 5.26. The number of aryl methyl sites for hydroxylation is 1. The third-order valence-electron chi connectivity index (χ3n) is 7.12. The highest BCUT2D eigenvalue weighted by atomic mass is 19.4. The Kier molecular flexibility index (Phi) is 6.52. The van der Waals surface area contributed by atoms with Gasteiger partial charge in [-0.15, -0.1) is 0 Å². The molecular weight excluding hydrogens is 547 g/mol. The number of ether oxygens (including phenoxy) is 2. The number of hydrogen-bond donors (Lipinski definition) is 0. The number of hydrogen-bond acceptors (Lipinski definition) is 6. The van der Waals surface area contributed by atoms with Gasteiger partial charge in [0.15, 0.2) is 11.5 Å². The molecule has 2 aliphatic heterocycles. The highest BCUT2D eigenvalue weighted by Gasteiger charge is 2.51. The van der Waals surface area contributed by atoms with Gasteiger partial charge in [-0.2, -0.15) is 27.1 Å². The average Bonchev–Trinajstić information content (AvgIpc) is 3.45. The number of pyridine rings is 1. The second-order valence-electron chi connectivity index (χ2n) is 10.1. The normalized spacial score (nSPS) is 16.8. The van der Waals surface area contributed by atoms with Crippen LogP contribution in [0, 0.1) is 6.92 Å². The molecule has 2 aliphatic rings. The predicted molar refractivity (Wildman–Crippen MR) is 137 cm³/mol. The van der Waals surface area contributed by atoms with Crippen molar-refractivity contribution in [3.63, 3.8) is 0 Å². The summed E-state index contributed by atoms with van der Waals surface area (Å²) in [4.78, 5) is 17.7.